The third-order valence-electron chi connectivity index (χ3n) is 2.83. The number of hydrogen-bond donors (Lipinski definition) is 0. The Balaban J connectivity index is 0.00000225. The molecule has 1 aromatic rings. The molecular weight excluding hydrogens is 226 g/mol. The van der Waals surface area contributed by atoms with Crippen molar-refractivity contribution in [2.45, 2.75) is 27.7 Å². The molecule has 16 heavy (non-hydrogen) atoms. The van der Waals surface area contributed by atoms with Gasteiger partial charge in [0.25, 0.3) is 0 Å². The van der Waals surface area contributed by atoms with Crippen LogP contribution in [0.25, 0.3) is 0 Å². The van der Waals surface area contributed by atoms with E-state index in [9.17, 15) is 9.59 Å². The van der Waals surface area contributed by atoms with Crippen LogP contribution < -0.4 is 17.0 Å². The van der Waals surface area contributed by atoms with Gasteiger partial charge in [-0.3, -0.25) is 9.59 Å². The fourth-order valence-electron chi connectivity index (χ4n) is 1.68. The Hall–Kier alpha value is -1.22. The predicted molar refractivity (Wildman–Crippen MR) is 57.1 cm³/mol. The highest BCUT2D eigenvalue weighted by Gasteiger charge is 2.21. The van der Waals surface area contributed by atoms with Crippen molar-refractivity contribution in [1.29, 1.82) is 0 Å². The number of halogens is 1. The van der Waals surface area contributed by atoms with Crippen molar-refractivity contribution in [3.8, 4) is 0 Å². The molecule has 1 heterocycles. The molecule has 0 fully saturated rings. The smallest absolute Gasteiger partial charge is 0.189 e. The zero-order valence-electron chi connectivity index (χ0n) is 10.2. The van der Waals surface area contributed by atoms with Gasteiger partial charge in [-0.05, 0) is 19.9 Å². The second-order valence-corrected chi connectivity index (χ2v) is 3.81. The molecule has 0 amide bonds. The van der Waals surface area contributed by atoms with Crippen LogP contribution in [0.5, 0.6) is 0 Å². The van der Waals surface area contributed by atoms with Gasteiger partial charge in [0.05, 0.1) is 11.1 Å². The minimum atomic E-state index is -0.00870. The van der Waals surface area contributed by atoms with Crippen molar-refractivity contribution in [3.63, 3.8) is 0 Å². The molecule has 0 atom stereocenters. The zero-order valence-corrected chi connectivity index (χ0v) is 11.0. The summed E-state index contributed by atoms with van der Waals surface area (Å²) >= 11 is 0. The van der Waals surface area contributed by atoms with Gasteiger partial charge in [0, 0.05) is 13.8 Å². The number of hydrogen-bond acceptors (Lipinski definition) is 2. The summed E-state index contributed by atoms with van der Waals surface area (Å²) in [5, 5.41) is 0. The fraction of sp³-hybridized carbons (Fsp3) is 0.417. The van der Waals surface area contributed by atoms with Gasteiger partial charge in [-0.15, -0.1) is 0 Å². The van der Waals surface area contributed by atoms with E-state index in [-0.39, 0.29) is 24.0 Å². The van der Waals surface area contributed by atoms with Crippen LogP contribution in [0.15, 0.2) is 6.07 Å². The number of pyridine rings is 1. The predicted octanol–water partition coefficient (Wildman–Crippen LogP) is -1.46. The van der Waals surface area contributed by atoms with Crippen LogP contribution >= 0.6 is 0 Å². The number of carbonyl (C=O) groups is 2. The van der Waals surface area contributed by atoms with Crippen molar-refractivity contribution in [1.82, 2.24) is 0 Å². The van der Waals surface area contributed by atoms with E-state index in [1.807, 2.05) is 25.5 Å². The molecular formula is C12H16ClNO2. The number of Topliss-reactive ketones (excluding diaryl/α,β-unsaturated/α-hetero) is 2. The Labute approximate surface area is 102 Å². The lowest BCUT2D eigenvalue weighted by molar-refractivity contribution is -0.684. The average molecular weight is 242 g/mol. The van der Waals surface area contributed by atoms with E-state index in [1.54, 1.807) is 6.07 Å². The molecule has 0 aliphatic carbocycles. The van der Waals surface area contributed by atoms with Gasteiger partial charge in [0.1, 0.15) is 7.05 Å². The Bertz CT molecular complexity index is 415. The quantitative estimate of drug-likeness (QED) is 0.469. The van der Waals surface area contributed by atoms with Crippen molar-refractivity contribution >= 4 is 11.6 Å². The first-order chi connectivity index (χ1) is 6.86. The van der Waals surface area contributed by atoms with Crippen LogP contribution in [-0.2, 0) is 7.05 Å². The molecule has 0 aliphatic rings. The lowest BCUT2D eigenvalue weighted by Crippen LogP contribution is -3.00. The van der Waals surface area contributed by atoms with E-state index >= 15 is 0 Å². The second-order valence-electron chi connectivity index (χ2n) is 3.81. The number of ketones is 2. The minimum Gasteiger partial charge on any atom is -1.00 e. The first kappa shape index (κ1) is 14.8. The van der Waals surface area contributed by atoms with Crippen molar-refractivity contribution in [2.75, 3.05) is 0 Å². The molecule has 0 saturated carbocycles. The van der Waals surface area contributed by atoms with Gasteiger partial charge in [-0.1, -0.05) is 0 Å². The largest absolute Gasteiger partial charge is 1.00 e. The zero-order chi connectivity index (χ0) is 11.7. The maximum atomic E-state index is 11.4. The summed E-state index contributed by atoms with van der Waals surface area (Å²) in [4.78, 5) is 22.8. The highest BCUT2D eigenvalue weighted by atomic mass is 35.5. The SMILES string of the molecule is CC(=O)c1cc(C(C)=O)c(C)[n+](C)c1C.[Cl-]. The third kappa shape index (κ3) is 2.47. The maximum Gasteiger partial charge on any atom is 0.189 e. The van der Waals surface area contributed by atoms with Crippen LogP contribution in [0.1, 0.15) is 46.0 Å². The van der Waals surface area contributed by atoms with E-state index in [4.69, 9.17) is 0 Å². The molecule has 0 N–H and O–H groups in total. The van der Waals surface area contributed by atoms with E-state index in [0.29, 0.717) is 11.1 Å². The van der Waals surface area contributed by atoms with Crippen molar-refractivity contribution in [2.24, 2.45) is 7.05 Å². The highest BCUT2D eigenvalue weighted by Crippen LogP contribution is 2.11. The first-order valence-corrected chi connectivity index (χ1v) is 4.88. The van der Waals surface area contributed by atoms with Crippen LogP contribution in [0.4, 0.5) is 0 Å². The van der Waals surface area contributed by atoms with Gasteiger partial charge in [-0.25, -0.2) is 4.57 Å². The number of rotatable bonds is 2. The maximum absolute atomic E-state index is 11.4. The summed E-state index contributed by atoms with van der Waals surface area (Å²) in [5.41, 5.74) is 3.02. The number of nitrogens with zero attached hydrogens (tertiary/aromatic N) is 1. The molecule has 0 unspecified atom stereocenters. The second kappa shape index (κ2) is 5.21. The van der Waals surface area contributed by atoms with E-state index in [2.05, 4.69) is 0 Å². The molecule has 1 aromatic heterocycles. The number of aromatic nitrogens is 1. The summed E-state index contributed by atoms with van der Waals surface area (Å²) < 4.78 is 1.88. The van der Waals surface area contributed by atoms with E-state index < -0.39 is 0 Å². The van der Waals surface area contributed by atoms with Crippen LogP contribution in [0.3, 0.4) is 0 Å². The Morgan fingerprint density at radius 3 is 1.56 bits per heavy atom. The Kier molecular flexibility index (Phi) is 4.81. The van der Waals surface area contributed by atoms with Crippen molar-refractivity contribution in [3.05, 3.63) is 28.6 Å². The molecule has 0 aromatic carbocycles. The van der Waals surface area contributed by atoms with Crippen LogP contribution in [-0.4, -0.2) is 11.6 Å². The number of carbonyl (C=O) groups excluding carboxylic acids is 2. The molecule has 4 heteroatoms. The van der Waals surface area contributed by atoms with Gasteiger partial charge in [-0.2, -0.15) is 0 Å². The summed E-state index contributed by atoms with van der Waals surface area (Å²) in [6.07, 6.45) is 0. The third-order valence-corrected chi connectivity index (χ3v) is 2.83. The molecule has 1 rings (SSSR count). The van der Waals surface area contributed by atoms with Gasteiger partial charge >= 0.3 is 0 Å². The molecule has 0 aliphatic heterocycles. The molecule has 0 spiro atoms. The Morgan fingerprint density at radius 1 is 1.00 bits per heavy atom. The standard InChI is InChI=1S/C12H16NO2.ClH/c1-7-11(9(3)14)6-12(10(4)15)8(2)13(7)5;/h6H,1-5H3;1H/q+1;/p-1. The average Bonchev–Trinajstić information content (AvgIpc) is 2.13. The summed E-state index contributed by atoms with van der Waals surface area (Å²) in [6, 6.07) is 1.69. The molecule has 0 bridgehead atoms. The molecule has 3 nitrogen and oxygen atoms in total. The van der Waals surface area contributed by atoms with Gasteiger partial charge < -0.3 is 12.4 Å². The summed E-state index contributed by atoms with van der Waals surface area (Å²) in [7, 11) is 1.86. The van der Waals surface area contributed by atoms with Crippen molar-refractivity contribution < 1.29 is 26.6 Å². The van der Waals surface area contributed by atoms with Crippen LogP contribution in [0, 0.1) is 13.8 Å². The van der Waals surface area contributed by atoms with Crippen LogP contribution in [0.2, 0.25) is 0 Å². The normalized spacial score (nSPS) is 9.56. The highest BCUT2D eigenvalue weighted by molar-refractivity contribution is 6.00. The lowest BCUT2D eigenvalue weighted by atomic mass is 10.0. The first-order valence-electron chi connectivity index (χ1n) is 4.88. The Morgan fingerprint density at radius 2 is 1.31 bits per heavy atom. The summed E-state index contributed by atoms with van der Waals surface area (Å²) in [6.45, 7) is 6.80. The van der Waals surface area contributed by atoms with Gasteiger partial charge in [0.2, 0.25) is 0 Å². The lowest BCUT2D eigenvalue weighted by Gasteiger charge is -2.06. The van der Waals surface area contributed by atoms with E-state index in [1.165, 1.54) is 13.8 Å². The summed E-state index contributed by atoms with van der Waals surface area (Å²) in [5.74, 6) is -0.0174. The molecule has 0 saturated heterocycles. The molecule has 0 radical (unpaired) electrons. The topological polar surface area (TPSA) is 38.0 Å². The minimum absolute atomic E-state index is 0. The van der Waals surface area contributed by atoms with E-state index in [0.717, 1.165) is 11.4 Å². The fourth-order valence-corrected chi connectivity index (χ4v) is 1.68. The van der Waals surface area contributed by atoms with Gasteiger partial charge in [0.15, 0.2) is 23.0 Å². The monoisotopic (exact) mass is 241 g/mol. The molecule has 88 valence electrons.